The Morgan fingerprint density at radius 1 is 1.05 bits per heavy atom. The van der Waals surface area contributed by atoms with Gasteiger partial charge in [0.25, 0.3) is 5.91 Å². The van der Waals surface area contributed by atoms with Crippen molar-refractivity contribution in [3.05, 3.63) is 27.2 Å². The second-order valence-electron chi connectivity index (χ2n) is 4.10. The van der Waals surface area contributed by atoms with E-state index in [1.54, 1.807) is 0 Å². The molecule has 0 saturated carbocycles. The normalized spacial score (nSPS) is 10.2. The zero-order valence-electron chi connectivity index (χ0n) is 11.8. The Hall–Kier alpha value is -1.21. The van der Waals surface area contributed by atoms with Crippen LogP contribution < -0.4 is 15.4 Å². The number of nitrogens with one attached hydrogen (secondary N) is 2. The number of carbonyl (C=O) groups is 2. The lowest BCUT2D eigenvalue weighted by atomic mass is 10.3. The van der Waals surface area contributed by atoms with Crippen molar-refractivity contribution in [2.45, 2.75) is 0 Å². The highest BCUT2D eigenvalue weighted by Gasteiger charge is 2.10. The Balaban J connectivity index is 2.34. The molecule has 0 aliphatic rings. The molecule has 2 amide bonds. The van der Waals surface area contributed by atoms with Crippen molar-refractivity contribution in [1.29, 1.82) is 0 Å². The smallest absolute Gasteiger partial charge is 0.258 e. The molecule has 0 unspecified atom stereocenters. The van der Waals surface area contributed by atoms with E-state index in [2.05, 4.69) is 10.6 Å². The molecule has 1 aromatic carbocycles. The summed E-state index contributed by atoms with van der Waals surface area (Å²) >= 11 is 17.5. The topological polar surface area (TPSA) is 76.7 Å². The van der Waals surface area contributed by atoms with E-state index in [9.17, 15) is 9.59 Å². The molecule has 2 N–H and O–H groups in total. The summed E-state index contributed by atoms with van der Waals surface area (Å²) in [5.74, 6) is -0.558. The number of halogens is 3. The van der Waals surface area contributed by atoms with Gasteiger partial charge in [0.05, 0.1) is 28.2 Å². The van der Waals surface area contributed by atoms with E-state index >= 15 is 0 Å². The quantitative estimate of drug-likeness (QED) is 0.542. The Bertz CT molecular complexity index is 540. The van der Waals surface area contributed by atoms with Crippen molar-refractivity contribution in [2.24, 2.45) is 0 Å². The van der Waals surface area contributed by atoms with Crippen LogP contribution in [-0.2, 0) is 14.3 Å². The van der Waals surface area contributed by atoms with Crippen molar-refractivity contribution < 1.29 is 19.1 Å². The molecule has 0 fully saturated rings. The summed E-state index contributed by atoms with van der Waals surface area (Å²) in [6.07, 6.45) is 0. The Morgan fingerprint density at radius 2 is 1.73 bits per heavy atom. The average Bonchev–Trinajstić information content (AvgIpc) is 2.47. The van der Waals surface area contributed by atoms with E-state index in [-0.39, 0.29) is 39.9 Å². The summed E-state index contributed by atoms with van der Waals surface area (Å²) in [5.41, 5.74) is 0. The monoisotopic (exact) mass is 368 g/mol. The summed E-state index contributed by atoms with van der Waals surface area (Å²) < 4.78 is 10.0. The lowest BCUT2D eigenvalue weighted by molar-refractivity contribution is -0.127. The average molecular weight is 370 g/mol. The van der Waals surface area contributed by atoms with Crippen molar-refractivity contribution in [3.8, 4) is 5.75 Å². The third kappa shape index (κ3) is 6.70. The lowest BCUT2D eigenvalue weighted by Crippen LogP contribution is -2.39. The second kappa shape index (κ2) is 9.74. The highest BCUT2D eigenvalue weighted by molar-refractivity contribution is 6.43. The van der Waals surface area contributed by atoms with Gasteiger partial charge in [-0.1, -0.05) is 34.8 Å². The molecule has 0 radical (unpaired) electrons. The number of methoxy groups -OCH3 is 1. The molecule has 0 saturated heterocycles. The molecule has 0 bridgehead atoms. The zero-order valence-corrected chi connectivity index (χ0v) is 14.0. The van der Waals surface area contributed by atoms with Crippen molar-refractivity contribution in [3.63, 3.8) is 0 Å². The molecule has 22 heavy (non-hydrogen) atoms. The number of ether oxygens (including phenoxy) is 2. The minimum Gasteiger partial charge on any atom is -0.482 e. The number of carbonyl (C=O) groups excluding carboxylic acids is 2. The van der Waals surface area contributed by atoms with Crippen LogP contribution in [0.2, 0.25) is 15.1 Å². The van der Waals surface area contributed by atoms with Crippen LogP contribution in [0.25, 0.3) is 0 Å². The standard InChI is InChI=1S/C13H15Cl3N2O4/c1-21-3-2-17-12(19)6-18-13(20)7-22-11-5-9(15)8(14)4-10(11)16/h4-5H,2-3,6-7H2,1H3,(H,17,19)(H,18,20). The molecule has 0 aliphatic heterocycles. The van der Waals surface area contributed by atoms with Gasteiger partial charge in [0.1, 0.15) is 5.75 Å². The first kappa shape index (κ1) is 18.8. The fourth-order valence-electron chi connectivity index (χ4n) is 1.34. The van der Waals surface area contributed by atoms with Crippen LogP contribution in [0.5, 0.6) is 5.75 Å². The summed E-state index contributed by atoms with van der Waals surface area (Å²) in [6.45, 7) is 0.323. The summed E-state index contributed by atoms with van der Waals surface area (Å²) in [4.78, 5) is 22.9. The van der Waals surface area contributed by atoms with Crippen LogP contribution in [-0.4, -0.2) is 45.2 Å². The van der Waals surface area contributed by atoms with Gasteiger partial charge in [-0.3, -0.25) is 9.59 Å². The molecule has 0 heterocycles. The Labute approximate surface area is 143 Å². The molecule has 1 rings (SSSR count). The maximum atomic E-state index is 11.6. The maximum absolute atomic E-state index is 11.6. The molecule has 0 atom stereocenters. The maximum Gasteiger partial charge on any atom is 0.258 e. The largest absolute Gasteiger partial charge is 0.482 e. The minimum atomic E-state index is -0.468. The van der Waals surface area contributed by atoms with Crippen LogP contribution in [0.3, 0.4) is 0 Å². The van der Waals surface area contributed by atoms with Crippen LogP contribution in [0.1, 0.15) is 0 Å². The molecule has 0 spiro atoms. The van der Waals surface area contributed by atoms with E-state index < -0.39 is 5.91 Å². The molecule has 0 aromatic heterocycles. The first-order valence-corrected chi connectivity index (χ1v) is 7.37. The Kier molecular flexibility index (Phi) is 8.34. The predicted octanol–water partition coefficient (Wildman–Crippen LogP) is 1.90. The van der Waals surface area contributed by atoms with Crippen molar-refractivity contribution in [2.75, 3.05) is 33.4 Å². The summed E-state index contributed by atoms with van der Waals surface area (Å²) in [6, 6.07) is 2.83. The van der Waals surface area contributed by atoms with Gasteiger partial charge in [0.2, 0.25) is 5.91 Å². The first-order valence-electron chi connectivity index (χ1n) is 6.23. The SMILES string of the molecule is COCCNC(=O)CNC(=O)COc1cc(Cl)c(Cl)cc1Cl. The van der Waals surface area contributed by atoms with E-state index in [0.717, 1.165) is 0 Å². The molecule has 122 valence electrons. The fourth-order valence-corrected chi connectivity index (χ4v) is 1.93. The lowest BCUT2D eigenvalue weighted by Gasteiger charge is -2.10. The molecule has 9 heteroatoms. The number of benzene rings is 1. The number of rotatable bonds is 8. The highest BCUT2D eigenvalue weighted by Crippen LogP contribution is 2.33. The van der Waals surface area contributed by atoms with Gasteiger partial charge in [0, 0.05) is 19.7 Å². The van der Waals surface area contributed by atoms with E-state index in [4.69, 9.17) is 44.3 Å². The third-order valence-corrected chi connectivity index (χ3v) is 3.43. The third-order valence-electron chi connectivity index (χ3n) is 2.41. The van der Waals surface area contributed by atoms with E-state index in [0.29, 0.717) is 13.2 Å². The molecule has 1 aromatic rings. The number of hydrogen-bond acceptors (Lipinski definition) is 4. The molecule has 6 nitrogen and oxygen atoms in total. The van der Waals surface area contributed by atoms with E-state index in [1.165, 1.54) is 19.2 Å². The van der Waals surface area contributed by atoms with Gasteiger partial charge in [-0.25, -0.2) is 0 Å². The zero-order chi connectivity index (χ0) is 16.5. The second-order valence-corrected chi connectivity index (χ2v) is 5.33. The van der Waals surface area contributed by atoms with Crippen LogP contribution in [0, 0.1) is 0 Å². The number of amides is 2. The van der Waals surface area contributed by atoms with Gasteiger partial charge in [0.15, 0.2) is 6.61 Å². The first-order chi connectivity index (χ1) is 10.4. The van der Waals surface area contributed by atoms with E-state index in [1.807, 2.05) is 0 Å². The fraction of sp³-hybridized carbons (Fsp3) is 0.385. The van der Waals surface area contributed by atoms with Gasteiger partial charge in [-0.15, -0.1) is 0 Å². The highest BCUT2D eigenvalue weighted by atomic mass is 35.5. The predicted molar refractivity (Wildman–Crippen MR) is 84.9 cm³/mol. The van der Waals surface area contributed by atoms with Crippen LogP contribution >= 0.6 is 34.8 Å². The molecular weight excluding hydrogens is 355 g/mol. The van der Waals surface area contributed by atoms with Gasteiger partial charge in [-0.05, 0) is 6.07 Å². The van der Waals surface area contributed by atoms with Gasteiger partial charge < -0.3 is 20.1 Å². The molecule has 0 aliphatic carbocycles. The van der Waals surface area contributed by atoms with Gasteiger partial charge >= 0.3 is 0 Å². The molecular formula is C13H15Cl3N2O4. The van der Waals surface area contributed by atoms with Gasteiger partial charge in [-0.2, -0.15) is 0 Å². The van der Waals surface area contributed by atoms with Crippen molar-refractivity contribution in [1.82, 2.24) is 10.6 Å². The summed E-state index contributed by atoms with van der Waals surface area (Å²) in [5, 5.41) is 5.76. The summed E-state index contributed by atoms with van der Waals surface area (Å²) in [7, 11) is 1.53. The van der Waals surface area contributed by atoms with Crippen LogP contribution in [0.4, 0.5) is 0 Å². The van der Waals surface area contributed by atoms with Crippen molar-refractivity contribution >= 4 is 46.6 Å². The minimum absolute atomic E-state index is 0.152. The van der Waals surface area contributed by atoms with Crippen LogP contribution in [0.15, 0.2) is 12.1 Å². The number of hydrogen-bond donors (Lipinski definition) is 2. The Morgan fingerprint density at radius 3 is 2.41 bits per heavy atom.